The molecule has 7 heterocycles. The predicted molar refractivity (Wildman–Crippen MR) is 614 cm³/mol. The average molecular weight is 2020 g/mol. The molecule has 3 aromatic heterocycles. The Kier molecular flexibility index (Phi) is 41.4. The van der Waals surface area contributed by atoms with Crippen LogP contribution in [-0.2, 0) is 29.1 Å². The molecule has 4 aliphatic rings. The number of likely N-dealkylation sites (N-methyl/N-ethyl adjacent to an activating group) is 2. The van der Waals surface area contributed by atoms with Gasteiger partial charge in [0.2, 0.25) is 0 Å². The summed E-state index contributed by atoms with van der Waals surface area (Å²) in [6.45, 7) is 24.0. The first-order chi connectivity index (χ1) is 69.6. The van der Waals surface area contributed by atoms with Crippen molar-refractivity contribution in [3.8, 4) is 58.9 Å². The number of aromatic nitrogens is 4. The first-order valence-electron chi connectivity index (χ1n) is 53.7. The number of rotatable bonds is 46. The van der Waals surface area contributed by atoms with E-state index in [2.05, 4.69) is 273 Å². The molecule has 8 bridgehead atoms. The fourth-order valence-corrected chi connectivity index (χ4v) is 23.2. The van der Waals surface area contributed by atoms with Crippen LogP contribution in [0.4, 0.5) is 0 Å². The van der Waals surface area contributed by atoms with E-state index in [4.69, 9.17) is 53.8 Å². The first kappa shape index (κ1) is 108. The van der Waals surface area contributed by atoms with Crippen molar-refractivity contribution < 1.29 is 38.5 Å². The van der Waals surface area contributed by atoms with Gasteiger partial charge >= 0.3 is 19.5 Å². The Labute approximate surface area is 884 Å². The molecular weight excluding hydrogens is 1880 g/mol. The number of hydrogen-bond donors (Lipinski definition) is 0. The van der Waals surface area contributed by atoms with Gasteiger partial charge < -0.3 is 19.4 Å². The molecule has 0 spiro atoms. The molecule has 0 aliphatic carbocycles. The van der Waals surface area contributed by atoms with E-state index >= 15 is 0 Å². The quantitative estimate of drug-likeness (QED) is 0.00904. The van der Waals surface area contributed by atoms with Gasteiger partial charge in [0.1, 0.15) is 20.1 Å². The Morgan fingerprint density at radius 3 is 1.01 bits per heavy atom. The van der Waals surface area contributed by atoms with Crippen LogP contribution in [0.3, 0.4) is 0 Å². The van der Waals surface area contributed by atoms with Gasteiger partial charge in [0, 0.05) is 57.6 Å². The number of benzene rings is 8. The smallest absolute Gasteiger partial charge is 0.656 e. The molecule has 0 saturated carbocycles. The largest absolute Gasteiger partial charge is 2.00 e. The predicted octanol–water partition coefficient (Wildman–Crippen LogP) is 34.3. The van der Waals surface area contributed by atoms with Gasteiger partial charge in [0.05, 0.1) is 51.4 Å². The Bertz CT molecular complexity index is 6870. The first-order valence-corrected chi connectivity index (χ1v) is 56.2. The molecule has 0 radical (unpaired) electrons. The van der Waals surface area contributed by atoms with Crippen molar-refractivity contribution in [3.63, 3.8) is 0 Å². The molecule has 2 fully saturated rings. The van der Waals surface area contributed by atoms with Crippen molar-refractivity contribution in [2.75, 3.05) is 26.3 Å². The SMILES string of the molecule is CCCCCCCCOc1cc(/C=C2\SC(=S)N(CC)C2=O)c(C)cc1C#Cc1c2ccccc2c(C#Cc2c3nc(c(C(CCCCCC)CCCCCCCC)c4ccc([n-]4)c(C#Cc4c5ccccc5c(C#Cc5cc(OCCCCCCCC)c(/C=C6\SC(=S)N(CC)C6=O)cc5C)c5ccccc45)c4nc(c(C(CCCCCC)CCCCCCCC)c5ccc2[n-]5)C=C4)C=C3)c2ccccc12.[Zn+2]. The summed E-state index contributed by atoms with van der Waals surface area (Å²) >= 11 is 14.1. The molecule has 8 aromatic carbocycles. The number of amides is 2. The molecule has 15 heteroatoms. The maximum Gasteiger partial charge on any atom is 2.00 e. The second-order valence-electron chi connectivity index (χ2n) is 38.8. The summed E-state index contributed by atoms with van der Waals surface area (Å²) in [7, 11) is 0. The number of ether oxygens (including phenoxy) is 2. The van der Waals surface area contributed by atoms with Gasteiger partial charge in [-0.3, -0.25) is 19.4 Å². The van der Waals surface area contributed by atoms with Gasteiger partial charge in [0.15, 0.2) is 0 Å². The summed E-state index contributed by atoms with van der Waals surface area (Å²) in [5.74, 6) is 32.3. The van der Waals surface area contributed by atoms with Gasteiger partial charge in [-0.1, -0.05) is 451 Å². The molecule has 734 valence electrons. The van der Waals surface area contributed by atoms with Crippen LogP contribution < -0.4 is 19.4 Å². The van der Waals surface area contributed by atoms with Gasteiger partial charge in [-0.25, -0.2) is 9.97 Å². The molecule has 2 amide bonds. The van der Waals surface area contributed by atoms with Crippen molar-refractivity contribution in [2.45, 2.75) is 312 Å². The van der Waals surface area contributed by atoms with Crippen LogP contribution in [-0.4, -0.2) is 66.5 Å². The zero-order valence-corrected chi connectivity index (χ0v) is 92.6. The number of carbonyl (C=O) groups excluding carboxylic acids is 2. The van der Waals surface area contributed by atoms with Gasteiger partial charge in [-0.05, 0) is 210 Å². The number of carbonyl (C=O) groups is 2. The third-order valence-corrected chi connectivity index (χ3v) is 31.2. The molecular formula is C128H142N6O4S4Zn. The Morgan fingerprint density at radius 2 is 0.643 bits per heavy atom. The topological polar surface area (TPSA) is 113 Å². The summed E-state index contributed by atoms with van der Waals surface area (Å²) in [5, 5.41) is 8.00. The van der Waals surface area contributed by atoms with Crippen molar-refractivity contribution in [2.24, 2.45) is 0 Å². The minimum atomic E-state index is -0.0767. The van der Waals surface area contributed by atoms with Crippen LogP contribution in [0.25, 0.3) is 102 Å². The summed E-state index contributed by atoms with van der Waals surface area (Å²) in [5.41, 5.74) is 19.5. The number of unbranched alkanes of at least 4 members (excludes halogenated alkanes) is 26. The minimum Gasteiger partial charge on any atom is -0.656 e. The molecule has 11 aromatic rings. The van der Waals surface area contributed by atoms with E-state index in [-0.39, 0.29) is 43.1 Å². The summed E-state index contributed by atoms with van der Waals surface area (Å²) in [6, 6.07) is 51.8. The van der Waals surface area contributed by atoms with Gasteiger partial charge in [0.25, 0.3) is 11.8 Å². The maximum absolute atomic E-state index is 13.7. The Hall–Kier alpha value is -10.8. The van der Waals surface area contributed by atoms with Crippen LogP contribution in [0.5, 0.6) is 11.5 Å². The second-order valence-corrected chi connectivity index (χ2v) is 42.2. The van der Waals surface area contributed by atoms with E-state index in [9.17, 15) is 9.59 Å². The normalized spacial score (nSPS) is 13.8. The van der Waals surface area contributed by atoms with Crippen molar-refractivity contribution in [3.05, 3.63) is 256 Å². The molecule has 2 atom stereocenters. The van der Waals surface area contributed by atoms with Crippen LogP contribution in [0, 0.1) is 61.2 Å². The van der Waals surface area contributed by atoms with E-state index in [1.807, 2.05) is 26.0 Å². The molecule has 15 rings (SSSR count). The Morgan fingerprint density at radius 1 is 0.336 bits per heavy atom. The van der Waals surface area contributed by atoms with Crippen LogP contribution in [0.2, 0.25) is 0 Å². The van der Waals surface area contributed by atoms with Gasteiger partial charge in [-0.2, -0.15) is 0 Å². The second kappa shape index (κ2) is 54.9. The van der Waals surface area contributed by atoms with E-state index in [0.29, 0.717) is 56.3 Å². The Balaban J connectivity index is 0.0000162. The molecule has 2 saturated heterocycles. The summed E-state index contributed by atoms with van der Waals surface area (Å²) in [6.07, 6.45) is 54.1. The van der Waals surface area contributed by atoms with Crippen molar-refractivity contribution in [1.29, 1.82) is 0 Å². The number of fused-ring (bicyclic) bond motifs is 12. The number of aryl methyl sites for hydroxylation is 2. The number of thiocarbonyl (C=S) groups is 2. The average Bonchev–Trinajstić information content (AvgIpc) is 1.74. The molecule has 2 unspecified atom stereocenters. The zero-order valence-electron chi connectivity index (χ0n) is 86.4. The molecule has 143 heavy (non-hydrogen) atoms. The number of nitrogens with zero attached hydrogens (tertiary/aromatic N) is 6. The van der Waals surface area contributed by atoms with E-state index in [0.717, 1.165) is 269 Å². The fourth-order valence-electron chi connectivity index (χ4n) is 20.5. The van der Waals surface area contributed by atoms with Crippen molar-refractivity contribution >= 4 is 170 Å². The van der Waals surface area contributed by atoms with Gasteiger partial charge in [-0.15, -0.1) is 22.1 Å². The van der Waals surface area contributed by atoms with Crippen molar-refractivity contribution in [1.82, 2.24) is 29.7 Å². The third-order valence-electron chi connectivity index (χ3n) is 28.5. The standard InChI is InChI=1S/C128H143N6O4S4.Zn/c1-11-19-25-31-35-41-55-91(53-39-29-23-15-5)123-115-77-73-111(129-115)109(71-69-107-101-61-47-43-57-97(101)105(98-58-44-48-62-102(98)107)67-65-93-85-120(138-82-52-38-34-28-22-14-4)96(84-89(93)9)88-122-126(136)134(18-8)128(140)142-122)112-74-78-116(130-112)124(92(54-40-30-24-16-6)56-42-36-32-26-20-12-2)118-80-76-114(132-118)110(113-75-79-117(123)131-113)72-70-108-103-63-49-45-59-99(103)106(100-60-46-50-64-104(100)108)68-66-94-83-90(10)95(87-121-125(135)133(17-7)127(139)141-121)86-119(94)137-81-51-37-33-27-21-13-3;/h43-50,57-64,73-80,83-88,91-92H,11-42,51-56,81-82H2,1-10H3,(H-,129,130,131,132,135,136);/q-1;+2/p-1. The molecule has 10 nitrogen and oxygen atoms in total. The fraction of sp³-hybridized carbons (Fsp3) is 0.406. The maximum atomic E-state index is 13.7. The van der Waals surface area contributed by atoms with Crippen LogP contribution in [0.15, 0.2) is 155 Å². The third kappa shape index (κ3) is 27.3. The number of thioether (sulfide) groups is 2. The molecule has 0 N–H and O–H groups in total. The summed E-state index contributed by atoms with van der Waals surface area (Å²) in [4.78, 5) is 55.7. The minimum absolute atomic E-state index is 0. The van der Waals surface area contributed by atoms with E-state index in [1.54, 1.807) is 9.80 Å². The summed E-state index contributed by atoms with van der Waals surface area (Å²) < 4.78 is 14.7. The number of hydrogen-bond acceptors (Lipinski definition) is 10. The zero-order chi connectivity index (χ0) is 99.1. The van der Waals surface area contributed by atoms with Crippen LogP contribution >= 0.6 is 48.0 Å². The van der Waals surface area contributed by atoms with E-state index in [1.165, 1.54) is 152 Å². The molecule has 4 aliphatic heterocycles. The van der Waals surface area contributed by atoms with Crippen LogP contribution in [0.1, 0.15) is 399 Å². The van der Waals surface area contributed by atoms with E-state index < -0.39 is 0 Å². The monoisotopic (exact) mass is 2020 g/mol.